The molecule has 2 atom stereocenters. The molecular formula is C12H26N6O2. The maximum Gasteiger partial charge on any atom is 0.0960 e. The fraction of sp³-hybridized carbons (Fsp3) is 0.833. The minimum absolute atomic E-state index is 0.0138. The van der Waals surface area contributed by atoms with Gasteiger partial charge in [0.1, 0.15) is 0 Å². The predicted molar refractivity (Wildman–Crippen MR) is 80.2 cm³/mol. The first-order chi connectivity index (χ1) is 9.49. The van der Waals surface area contributed by atoms with Crippen LogP contribution in [0.25, 0.3) is 0 Å². The van der Waals surface area contributed by atoms with Crippen LogP contribution in [0.4, 0.5) is 0 Å². The van der Waals surface area contributed by atoms with E-state index in [0.717, 1.165) is 0 Å². The molecule has 0 aromatic heterocycles. The highest BCUT2D eigenvalue weighted by Crippen LogP contribution is 2.03. The average molecular weight is 286 g/mol. The summed E-state index contributed by atoms with van der Waals surface area (Å²) in [4.78, 5) is 7.94. The summed E-state index contributed by atoms with van der Waals surface area (Å²) in [6.07, 6.45) is 1.01. The number of aliphatic hydroxyl groups excluding tert-OH is 2. The van der Waals surface area contributed by atoms with Crippen LogP contribution in [0.1, 0.15) is 26.7 Å². The van der Waals surface area contributed by atoms with Crippen LogP contribution in [0.5, 0.6) is 0 Å². The first-order valence-corrected chi connectivity index (χ1v) is 6.68. The average Bonchev–Trinajstić information content (AvgIpc) is 2.40. The molecule has 0 fully saturated rings. The van der Waals surface area contributed by atoms with Crippen molar-refractivity contribution in [1.82, 2.24) is 0 Å². The van der Waals surface area contributed by atoms with E-state index in [1.165, 1.54) is 0 Å². The number of aliphatic hydroxyl groups is 2. The number of nitrogens with two attached hydrogens (primary N) is 2. The molecule has 0 aliphatic rings. The van der Waals surface area contributed by atoms with Gasteiger partial charge >= 0.3 is 0 Å². The lowest BCUT2D eigenvalue weighted by Gasteiger charge is -2.08. The zero-order valence-corrected chi connectivity index (χ0v) is 12.2. The lowest BCUT2D eigenvalue weighted by molar-refractivity contribution is 0.306. The smallest absolute Gasteiger partial charge is 0.0960 e. The number of hydrogen-bond donors (Lipinski definition) is 4. The van der Waals surface area contributed by atoms with Crippen molar-refractivity contribution in [3.63, 3.8) is 0 Å². The Kier molecular flexibility index (Phi) is 10.4. The number of rotatable bonds is 10. The van der Waals surface area contributed by atoms with Gasteiger partial charge in [-0.2, -0.15) is 10.2 Å². The first-order valence-electron chi connectivity index (χ1n) is 6.68. The second kappa shape index (κ2) is 11.3. The van der Waals surface area contributed by atoms with Gasteiger partial charge in [-0.3, -0.25) is 9.98 Å². The Balaban J connectivity index is 4.14. The van der Waals surface area contributed by atoms with Gasteiger partial charge in [-0.1, -0.05) is 0 Å². The highest BCUT2D eigenvalue weighted by atomic mass is 16.3. The summed E-state index contributed by atoms with van der Waals surface area (Å²) in [6.45, 7) is 4.37. The third-order valence-electron chi connectivity index (χ3n) is 2.30. The predicted octanol–water partition coefficient (Wildman–Crippen LogP) is -0.305. The Morgan fingerprint density at radius 3 is 1.50 bits per heavy atom. The second-order valence-corrected chi connectivity index (χ2v) is 4.53. The number of azo groups is 1. The third kappa shape index (κ3) is 10.4. The zero-order valence-electron chi connectivity index (χ0n) is 12.2. The minimum atomic E-state index is -0.0736. The zero-order chi connectivity index (χ0) is 15.4. The van der Waals surface area contributed by atoms with E-state index in [1.54, 1.807) is 0 Å². The van der Waals surface area contributed by atoms with Gasteiger partial charge in [0, 0.05) is 12.8 Å². The van der Waals surface area contributed by atoms with Crippen LogP contribution in [0.2, 0.25) is 0 Å². The van der Waals surface area contributed by atoms with Crippen molar-refractivity contribution >= 4 is 11.7 Å². The molecule has 0 bridgehead atoms. The van der Waals surface area contributed by atoms with E-state index < -0.39 is 0 Å². The van der Waals surface area contributed by atoms with Crippen molar-refractivity contribution in [2.75, 3.05) is 26.3 Å². The maximum absolute atomic E-state index is 8.63. The molecule has 0 rings (SSSR count). The fourth-order valence-electron chi connectivity index (χ4n) is 1.43. The van der Waals surface area contributed by atoms with E-state index in [4.69, 9.17) is 21.7 Å². The van der Waals surface area contributed by atoms with Gasteiger partial charge < -0.3 is 21.7 Å². The normalized spacial score (nSPS) is 16.6. The van der Waals surface area contributed by atoms with Crippen LogP contribution in [-0.2, 0) is 0 Å². The third-order valence-corrected chi connectivity index (χ3v) is 2.30. The highest BCUT2D eigenvalue weighted by Gasteiger charge is 2.06. The Hall–Kier alpha value is -1.54. The van der Waals surface area contributed by atoms with Crippen LogP contribution in [0, 0.1) is 0 Å². The molecule has 8 heteroatoms. The van der Waals surface area contributed by atoms with Crippen molar-refractivity contribution in [3.8, 4) is 0 Å². The van der Waals surface area contributed by atoms with Crippen LogP contribution < -0.4 is 11.5 Å². The van der Waals surface area contributed by atoms with E-state index in [0.29, 0.717) is 37.6 Å². The Bertz CT molecular complexity index is 311. The Morgan fingerprint density at radius 1 is 0.850 bits per heavy atom. The lowest BCUT2D eigenvalue weighted by Crippen LogP contribution is -2.20. The largest absolute Gasteiger partial charge is 0.394 e. The maximum atomic E-state index is 8.63. The molecule has 0 heterocycles. The van der Waals surface area contributed by atoms with E-state index in [-0.39, 0.29) is 25.3 Å². The highest BCUT2D eigenvalue weighted by molar-refractivity contribution is 5.81. The van der Waals surface area contributed by atoms with E-state index in [1.807, 2.05) is 13.8 Å². The molecule has 0 saturated carbocycles. The van der Waals surface area contributed by atoms with E-state index in [2.05, 4.69) is 20.2 Å². The first kappa shape index (κ1) is 18.5. The van der Waals surface area contributed by atoms with Crippen LogP contribution in [-0.4, -0.2) is 60.3 Å². The number of aliphatic imine (C=N–C) groups is 2. The summed E-state index contributed by atoms with van der Waals surface area (Å²) in [5, 5.41) is 25.5. The molecule has 0 saturated heterocycles. The van der Waals surface area contributed by atoms with Crippen molar-refractivity contribution in [2.45, 2.75) is 38.8 Å². The molecule has 20 heavy (non-hydrogen) atoms. The molecule has 116 valence electrons. The van der Waals surface area contributed by atoms with Gasteiger partial charge in [-0.05, 0) is 13.8 Å². The molecule has 0 aliphatic heterocycles. The van der Waals surface area contributed by atoms with Gasteiger partial charge in [-0.25, -0.2) is 0 Å². The fourth-order valence-corrected chi connectivity index (χ4v) is 1.43. The Morgan fingerprint density at radius 2 is 1.20 bits per heavy atom. The molecule has 0 aromatic rings. The number of amidine groups is 2. The number of nitrogens with zero attached hydrogens (tertiary/aromatic N) is 4. The molecule has 8 nitrogen and oxygen atoms in total. The molecule has 0 radical (unpaired) electrons. The van der Waals surface area contributed by atoms with E-state index >= 15 is 0 Å². The van der Waals surface area contributed by atoms with Gasteiger partial charge in [0.2, 0.25) is 0 Å². The molecular weight excluding hydrogens is 260 g/mol. The molecule has 0 aromatic carbocycles. The summed E-state index contributed by atoms with van der Waals surface area (Å²) in [7, 11) is 0. The molecule has 0 amide bonds. The van der Waals surface area contributed by atoms with Gasteiger partial charge in [0.05, 0.1) is 50.1 Å². The molecule has 6 N–H and O–H groups in total. The van der Waals surface area contributed by atoms with E-state index in [9.17, 15) is 0 Å². The van der Waals surface area contributed by atoms with Gasteiger partial charge in [-0.15, -0.1) is 0 Å². The quantitative estimate of drug-likeness (QED) is 0.248. The number of hydrogen-bond acceptors (Lipinski definition) is 6. The van der Waals surface area contributed by atoms with Crippen molar-refractivity contribution < 1.29 is 10.2 Å². The summed E-state index contributed by atoms with van der Waals surface area (Å²) in [5.41, 5.74) is 11.4. The lowest BCUT2D eigenvalue weighted by atomic mass is 10.2. The van der Waals surface area contributed by atoms with Crippen molar-refractivity contribution in [2.24, 2.45) is 31.7 Å². The van der Waals surface area contributed by atoms with Gasteiger partial charge in [0.15, 0.2) is 0 Å². The topological polar surface area (TPSA) is 142 Å². The monoisotopic (exact) mass is 286 g/mol. The van der Waals surface area contributed by atoms with Crippen LogP contribution in [0.3, 0.4) is 0 Å². The molecule has 0 spiro atoms. The van der Waals surface area contributed by atoms with Crippen molar-refractivity contribution in [3.05, 3.63) is 0 Å². The Labute approximate surface area is 119 Å². The summed E-state index contributed by atoms with van der Waals surface area (Å²) >= 11 is 0. The second-order valence-electron chi connectivity index (χ2n) is 4.53. The van der Waals surface area contributed by atoms with Crippen LogP contribution >= 0.6 is 0 Å². The summed E-state index contributed by atoms with van der Waals surface area (Å²) < 4.78 is 0. The summed E-state index contributed by atoms with van der Waals surface area (Å²) in [5.74, 6) is 0.921. The van der Waals surface area contributed by atoms with Crippen molar-refractivity contribution in [1.29, 1.82) is 0 Å². The molecule has 2 unspecified atom stereocenters. The standard InChI is InChI=1S/C12H26N6O2/c1-9(7-11(13)15-3-5-19)17-18-10(2)8-12(14)16-4-6-20/h9-10,19-20H,3-8H2,1-2H3,(H2,13,15)(H2,14,16). The SMILES string of the molecule is CC(CC(N)=NCCO)N=NC(C)CC(N)=NCCO. The molecule has 0 aliphatic carbocycles. The van der Waals surface area contributed by atoms with Gasteiger partial charge in [0.25, 0.3) is 0 Å². The minimum Gasteiger partial charge on any atom is -0.394 e. The van der Waals surface area contributed by atoms with Crippen LogP contribution in [0.15, 0.2) is 20.2 Å². The summed E-state index contributed by atoms with van der Waals surface area (Å²) in [6, 6.07) is -0.147.